The van der Waals surface area contributed by atoms with Gasteiger partial charge in [-0.25, -0.2) is 14.6 Å². The average Bonchev–Trinajstić information content (AvgIpc) is 3.03. The quantitative estimate of drug-likeness (QED) is 0.762. The fraction of sp³-hybridized carbons (Fsp3) is 0.143. The molecule has 0 fully saturated rings. The van der Waals surface area contributed by atoms with Crippen LogP contribution in [0.25, 0.3) is 21.6 Å². The van der Waals surface area contributed by atoms with Crippen LogP contribution in [0.3, 0.4) is 0 Å². The normalized spacial score (nSPS) is 11.0. The van der Waals surface area contributed by atoms with E-state index in [-0.39, 0.29) is 16.6 Å². The molecule has 3 aromatic heterocycles. The van der Waals surface area contributed by atoms with Crippen molar-refractivity contribution in [3.05, 3.63) is 50.0 Å². The van der Waals surface area contributed by atoms with Gasteiger partial charge in [0, 0.05) is 14.1 Å². The third kappa shape index (κ3) is 1.96. The van der Waals surface area contributed by atoms with Crippen molar-refractivity contribution in [2.24, 2.45) is 14.1 Å². The summed E-state index contributed by atoms with van der Waals surface area (Å²) >= 11 is 1.40. The SMILES string of the molecule is Cn1c(=O)c2c(C(=O)O)cc(-c3cccs3)nc2n(C)c1=O. The Hall–Kier alpha value is -2.74. The van der Waals surface area contributed by atoms with E-state index < -0.39 is 17.2 Å². The molecule has 8 heteroatoms. The zero-order valence-electron chi connectivity index (χ0n) is 11.7. The summed E-state index contributed by atoms with van der Waals surface area (Å²) in [6.07, 6.45) is 0. The number of rotatable bonds is 2. The maximum atomic E-state index is 12.3. The van der Waals surface area contributed by atoms with Crippen molar-refractivity contribution in [2.45, 2.75) is 0 Å². The third-order valence-corrected chi connectivity index (χ3v) is 4.31. The first-order valence-corrected chi connectivity index (χ1v) is 7.17. The number of fused-ring (bicyclic) bond motifs is 1. The fourth-order valence-corrected chi connectivity index (χ4v) is 2.96. The molecule has 3 aromatic rings. The van der Waals surface area contributed by atoms with Crippen molar-refractivity contribution in [3.63, 3.8) is 0 Å². The summed E-state index contributed by atoms with van der Waals surface area (Å²) in [7, 11) is 2.77. The number of hydrogen-bond acceptors (Lipinski definition) is 5. The van der Waals surface area contributed by atoms with Crippen molar-refractivity contribution in [1.29, 1.82) is 0 Å². The summed E-state index contributed by atoms with van der Waals surface area (Å²) < 4.78 is 2.06. The van der Waals surface area contributed by atoms with Gasteiger partial charge in [-0.05, 0) is 17.5 Å². The zero-order chi connectivity index (χ0) is 16.0. The molecule has 1 N–H and O–H groups in total. The molecule has 112 valence electrons. The fourth-order valence-electron chi connectivity index (χ4n) is 2.27. The Balaban J connectivity index is 2.56. The van der Waals surface area contributed by atoms with Gasteiger partial charge in [0.2, 0.25) is 0 Å². The number of carbonyl (C=O) groups is 1. The molecule has 0 atom stereocenters. The smallest absolute Gasteiger partial charge is 0.336 e. The van der Waals surface area contributed by atoms with Crippen LogP contribution in [0.4, 0.5) is 0 Å². The lowest BCUT2D eigenvalue weighted by molar-refractivity contribution is 0.0699. The van der Waals surface area contributed by atoms with Crippen LogP contribution >= 0.6 is 11.3 Å². The number of hydrogen-bond donors (Lipinski definition) is 1. The third-order valence-electron chi connectivity index (χ3n) is 3.41. The van der Waals surface area contributed by atoms with Crippen molar-refractivity contribution < 1.29 is 9.90 Å². The van der Waals surface area contributed by atoms with Gasteiger partial charge >= 0.3 is 11.7 Å². The monoisotopic (exact) mass is 317 g/mol. The molecule has 0 saturated heterocycles. The molecular formula is C14H11N3O4S. The van der Waals surface area contributed by atoms with Crippen LogP contribution < -0.4 is 11.2 Å². The second kappa shape index (κ2) is 4.92. The van der Waals surface area contributed by atoms with Gasteiger partial charge in [-0.2, -0.15) is 0 Å². The highest BCUT2D eigenvalue weighted by atomic mass is 32.1. The molecule has 0 aliphatic rings. The van der Waals surface area contributed by atoms with Crippen molar-refractivity contribution in [2.75, 3.05) is 0 Å². The summed E-state index contributed by atoms with van der Waals surface area (Å²) in [4.78, 5) is 40.9. The average molecular weight is 317 g/mol. The highest BCUT2D eigenvalue weighted by molar-refractivity contribution is 7.13. The van der Waals surface area contributed by atoms with Crippen LogP contribution in [-0.2, 0) is 14.1 Å². The molecule has 0 aliphatic heterocycles. The zero-order valence-corrected chi connectivity index (χ0v) is 12.5. The summed E-state index contributed by atoms with van der Waals surface area (Å²) in [6.45, 7) is 0. The number of carboxylic acid groups (broad SMARTS) is 1. The minimum Gasteiger partial charge on any atom is -0.478 e. The lowest BCUT2D eigenvalue weighted by atomic mass is 10.1. The van der Waals surface area contributed by atoms with E-state index in [9.17, 15) is 19.5 Å². The number of thiophene rings is 1. The molecule has 0 saturated carbocycles. The summed E-state index contributed by atoms with van der Waals surface area (Å²) in [6, 6.07) is 4.97. The first-order valence-electron chi connectivity index (χ1n) is 6.29. The Morgan fingerprint density at radius 2 is 2.00 bits per heavy atom. The minimum absolute atomic E-state index is 0.0661. The molecule has 7 nitrogen and oxygen atoms in total. The first-order chi connectivity index (χ1) is 10.4. The van der Waals surface area contributed by atoms with Gasteiger partial charge in [0.25, 0.3) is 5.56 Å². The highest BCUT2D eigenvalue weighted by Crippen LogP contribution is 2.26. The predicted molar refractivity (Wildman–Crippen MR) is 82.5 cm³/mol. The topological polar surface area (TPSA) is 94.2 Å². The largest absolute Gasteiger partial charge is 0.478 e. The van der Waals surface area contributed by atoms with Crippen LogP contribution in [0.5, 0.6) is 0 Å². The van der Waals surface area contributed by atoms with Crippen molar-refractivity contribution in [1.82, 2.24) is 14.1 Å². The van der Waals surface area contributed by atoms with E-state index in [4.69, 9.17) is 0 Å². The number of aryl methyl sites for hydroxylation is 1. The van der Waals surface area contributed by atoms with Gasteiger partial charge < -0.3 is 5.11 Å². The van der Waals surface area contributed by atoms with Gasteiger partial charge in [-0.15, -0.1) is 11.3 Å². The van der Waals surface area contributed by atoms with E-state index >= 15 is 0 Å². The Labute approximate surface area is 127 Å². The van der Waals surface area contributed by atoms with E-state index in [2.05, 4.69) is 4.98 Å². The van der Waals surface area contributed by atoms with E-state index in [0.717, 1.165) is 9.44 Å². The first kappa shape index (κ1) is 14.2. The van der Waals surface area contributed by atoms with Gasteiger partial charge in [0.15, 0.2) is 5.65 Å². The van der Waals surface area contributed by atoms with Crippen LogP contribution in [0.1, 0.15) is 10.4 Å². The number of aromatic carboxylic acids is 1. The molecule has 0 bridgehead atoms. The number of carboxylic acids is 1. The second-order valence-electron chi connectivity index (χ2n) is 4.74. The van der Waals surface area contributed by atoms with Crippen molar-refractivity contribution in [3.8, 4) is 10.6 Å². The molecule has 0 radical (unpaired) electrons. The van der Waals surface area contributed by atoms with Gasteiger partial charge in [-0.3, -0.25) is 13.9 Å². The molecule has 0 spiro atoms. The summed E-state index contributed by atoms with van der Waals surface area (Å²) in [5.41, 5.74) is -0.894. The van der Waals surface area contributed by atoms with Crippen LogP contribution in [-0.4, -0.2) is 25.2 Å². The van der Waals surface area contributed by atoms with E-state index in [1.807, 2.05) is 11.4 Å². The lowest BCUT2D eigenvalue weighted by Gasteiger charge is -2.10. The van der Waals surface area contributed by atoms with E-state index in [1.54, 1.807) is 6.07 Å². The number of pyridine rings is 1. The van der Waals surface area contributed by atoms with Crippen LogP contribution in [0, 0.1) is 0 Å². The standard InChI is InChI=1S/C14H11N3O4S/c1-16-11-10(12(18)17(2)14(16)21)7(13(19)20)6-8(15-11)9-4-3-5-22-9/h3-6H,1-2H3,(H,19,20). The minimum atomic E-state index is -1.24. The molecule has 0 unspecified atom stereocenters. The Bertz CT molecular complexity index is 1020. The molecule has 0 aliphatic carbocycles. The second-order valence-corrected chi connectivity index (χ2v) is 5.69. The Morgan fingerprint density at radius 3 is 2.59 bits per heavy atom. The van der Waals surface area contributed by atoms with E-state index in [0.29, 0.717) is 5.69 Å². The van der Waals surface area contributed by atoms with E-state index in [1.165, 1.54) is 36.1 Å². The van der Waals surface area contributed by atoms with Crippen LogP contribution in [0.15, 0.2) is 33.2 Å². The number of nitrogens with zero attached hydrogens (tertiary/aromatic N) is 3. The van der Waals surface area contributed by atoms with Gasteiger partial charge in [0.1, 0.15) is 0 Å². The summed E-state index contributed by atoms with van der Waals surface area (Å²) in [5.74, 6) is -1.24. The molecule has 0 aromatic carbocycles. The highest BCUT2D eigenvalue weighted by Gasteiger charge is 2.20. The number of aromatic nitrogens is 3. The molecule has 3 rings (SSSR count). The molecular weight excluding hydrogens is 306 g/mol. The van der Waals surface area contributed by atoms with Crippen molar-refractivity contribution >= 4 is 28.3 Å². The lowest BCUT2D eigenvalue weighted by Crippen LogP contribution is -2.38. The van der Waals surface area contributed by atoms with Gasteiger partial charge in [-0.1, -0.05) is 6.07 Å². The molecule has 22 heavy (non-hydrogen) atoms. The molecule has 3 heterocycles. The van der Waals surface area contributed by atoms with Crippen LogP contribution in [0.2, 0.25) is 0 Å². The maximum absolute atomic E-state index is 12.3. The summed E-state index contributed by atoms with van der Waals surface area (Å²) in [5, 5.41) is 11.2. The van der Waals surface area contributed by atoms with Gasteiger partial charge in [0.05, 0.1) is 21.5 Å². The molecule has 0 amide bonds. The maximum Gasteiger partial charge on any atom is 0.336 e. The predicted octanol–water partition coefficient (Wildman–Crippen LogP) is 1.06. The Kier molecular flexibility index (Phi) is 3.18. The Morgan fingerprint density at radius 1 is 1.27 bits per heavy atom.